The summed E-state index contributed by atoms with van der Waals surface area (Å²) in [4.78, 5) is 2.34. The van der Waals surface area contributed by atoms with Gasteiger partial charge in [0, 0.05) is 17.8 Å². The molecule has 0 radical (unpaired) electrons. The van der Waals surface area contributed by atoms with Crippen molar-refractivity contribution in [2.45, 2.75) is 64.0 Å². The zero-order valence-electron chi connectivity index (χ0n) is 14.5. The van der Waals surface area contributed by atoms with Crippen LogP contribution in [0.2, 0.25) is 0 Å². The molecular weight excluding hydrogens is 284 g/mol. The smallest absolute Gasteiger partial charge is 0.147 e. The molecule has 1 aliphatic rings. The van der Waals surface area contributed by atoms with Crippen LogP contribution in [-0.4, -0.2) is 57.5 Å². The van der Waals surface area contributed by atoms with Gasteiger partial charge in [-0.2, -0.15) is 0 Å². The molecule has 0 aliphatic heterocycles. The largest absolute Gasteiger partial charge is 0.312 e. The first-order chi connectivity index (χ1) is 9.71. The van der Waals surface area contributed by atoms with Crippen LogP contribution in [0, 0.1) is 5.92 Å². The molecule has 1 N–H and O–H groups in total. The third-order valence-corrected chi connectivity index (χ3v) is 6.07. The third-order valence-electron chi connectivity index (χ3n) is 5.10. The van der Waals surface area contributed by atoms with E-state index in [9.17, 15) is 8.42 Å². The van der Waals surface area contributed by atoms with Gasteiger partial charge in [-0.3, -0.25) is 0 Å². The lowest BCUT2D eigenvalue weighted by molar-refractivity contribution is 0.0423. The van der Waals surface area contributed by atoms with Gasteiger partial charge in [-0.1, -0.05) is 13.8 Å². The molecule has 1 fully saturated rings. The molecule has 0 spiro atoms. The Morgan fingerprint density at radius 2 is 1.86 bits per heavy atom. The predicted octanol–water partition coefficient (Wildman–Crippen LogP) is 2.30. The molecule has 1 saturated carbocycles. The van der Waals surface area contributed by atoms with Gasteiger partial charge >= 0.3 is 0 Å². The first-order valence-electron chi connectivity index (χ1n) is 8.30. The number of hydrogen-bond acceptors (Lipinski definition) is 4. The Bertz CT molecular complexity index is 399. The summed E-state index contributed by atoms with van der Waals surface area (Å²) in [5, 5.41) is 3.64. The van der Waals surface area contributed by atoms with Crippen molar-refractivity contribution < 1.29 is 8.42 Å². The van der Waals surface area contributed by atoms with E-state index in [1.165, 1.54) is 19.1 Å². The highest BCUT2D eigenvalue weighted by Crippen LogP contribution is 2.38. The number of rotatable bonds is 8. The lowest BCUT2D eigenvalue weighted by Gasteiger charge is -2.50. The molecule has 0 bridgehead atoms. The summed E-state index contributed by atoms with van der Waals surface area (Å²) in [6.07, 6.45) is 7.93. The minimum Gasteiger partial charge on any atom is -0.312 e. The van der Waals surface area contributed by atoms with Crippen molar-refractivity contribution in [1.82, 2.24) is 10.2 Å². The van der Waals surface area contributed by atoms with Gasteiger partial charge in [0.2, 0.25) is 0 Å². The Morgan fingerprint density at radius 1 is 1.29 bits per heavy atom. The maximum atomic E-state index is 11.6. The highest BCUT2D eigenvalue weighted by Gasteiger charge is 2.42. The molecule has 0 heterocycles. The van der Waals surface area contributed by atoms with Gasteiger partial charge in [-0.25, -0.2) is 8.42 Å². The molecule has 4 nitrogen and oxygen atoms in total. The molecule has 1 unspecified atom stereocenters. The summed E-state index contributed by atoms with van der Waals surface area (Å²) in [5.41, 5.74) is 0.104. The van der Waals surface area contributed by atoms with E-state index in [0.717, 1.165) is 31.7 Å². The quantitative estimate of drug-likeness (QED) is 0.746. The standard InChI is InChI=1S/C16H34N2O2S/c1-6-12-17-15(9-13-21(5,19)20)16(18(3)4)10-7-14(2)8-11-16/h14-15,17H,6-13H2,1-5H3. The minimum atomic E-state index is -2.90. The molecule has 1 aliphatic carbocycles. The second-order valence-electron chi connectivity index (χ2n) is 7.11. The maximum absolute atomic E-state index is 11.6. The Labute approximate surface area is 131 Å². The van der Waals surface area contributed by atoms with E-state index < -0.39 is 9.84 Å². The Hall–Kier alpha value is -0.130. The lowest BCUT2D eigenvalue weighted by Crippen LogP contribution is -2.61. The Balaban J connectivity index is 2.89. The van der Waals surface area contributed by atoms with Gasteiger partial charge in [-0.05, 0) is 65.1 Å². The molecule has 0 aromatic rings. The van der Waals surface area contributed by atoms with Gasteiger partial charge < -0.3 is 10.2 Å². The molecule has 21 heavy (non-hydrogen) atoms. The van der Waals surface area contributed by atoms with Crippen LogP contribution in [-0.2, 0) is 9.84 Å². The molecular formula is C16H34N2O2S. The highest BCUT2D eigenvalue weighted by molar-refractivity contribution is 7.90. The van der Waals surface area contributed by atoms with Crippen LogP contribution in [0.1, 0.15) is 52.4 Å². The molecule has 126 valence electrons. The summed E-state index contributed by atoms with van der Waals surface area (Å²) in [6, 6.07) is 0.259. The zero-order chi connectivity index (χ0) is 16.1. The summed E-state index contributed by atoms with van der Waals surface area (Å²) < 4.78 is 23.2. The van der Waals surface area contributed by atoms with Crippen molar-refractivity contribution >= 4 is 9.84 Å². The normalized spacial score (nSPS) is 28.8. The van der Waals surface area contributed by atoms with Gasteiger partial charge in [0.1, 0.15) is 9.84 Å². The predicted molar refractivity (Wildman–Crippen MR) is 90.5 cm³/mol. The molecule has 0 saturated heterocycles. The van der Waals surface area contributed by atoms with Crippen LogP contribution >= 0.6 is 0 Å². The number of nitrogens with zero attached hydrogens (tertiary/aromatic N) is 1. The number of likely N-dealkylation sites (N-methyl/N-ethyl adjacent to an activating group) is 1. The minimum absolute atomic E-state index is 0.104. The van der Waals surface area contributed by atoms with Crippen molar-refractivity contribution in [2.24, 2.45) is 5.92 Å². The average molecular weight is 319 g/mol. The molecule has 0 aromatic carbocycles. The second-order valence-corrected chi connectivity index (χ2v) is 9.37. The van der Waals surface area contributed by atoms with Gasteiger partial charge in [0.25, 0.3) is 0 Å². The first kappa shape index (κ1) is 18.9. The fourth-order valence-corrected chi connectivity index (χ4v) is 4.24. The van der Waals surface area contributed by atoms with Crippen molar-refractivity contribution in [3.8, 4) is 0 Å². The SMILES string of the molecule is CCCNC(CCS(C)(=O)=O)C1(N(C)C)CCC(C)CC1. The molecule has 0 aromatic heterocycles. The van der Waals surface area contributed by atoms with E-state index in [-0.39, 0.29) is 17.3 Å². The fourth-order valence-electron chi connectivity index (χ4n) is 3.58. The van der Waals surface area contributed by atoms with Crippen LogP contribution < -0.4 is 5.32 Å². The van der Waals surface area contributed by atoms with Crippen LogP contribution in [0.5, 0.6) is 0 Å². The Morgan fingerprint density at radius 3 is 2.29 bits per heavy atom. The first-order valence-corrected chi connectivity index (χ1v) is 10.4. The molecule has 1 atom stereocenters. The van der Waals surface area contributed by atoms with Crippen LogP contribution in [0.4, 0.5) is 0 Å². The average Bonchev–Trinajstić information content (AvgIpc) is 2.39. The topological polar surface area (TPSA) is 49.4 Å². The Kier molecular flexibility index (Phi) is 7.14. The van der Waals surface area contributed by atoms with E-state index in [2.05, 4.69) is 38.2 Å². The summed E-state index contributed by atoms with van der Waals surface area (Å²) >= 11 is 0. The zero-order valence-corrected chi connectivity index (χ0v) is 15.3. The van der Waals surface area contributed by atoms with Gasteiger partial charge in [-0.15, -0.1) is 0 Å². The summed E-state index contributed by atoms with van der Waals surface area (Å²) in [7, 11) is 1.40. The van der Waals surface area contributed by atoms with E-state index in [4.69, 9.17) is 0 Å². The van der Waals surface area contributed by atoms with Crippen molar-refractivity contribution in [3.05, 3.63) is 0 Å². The number of sulfone groups is 1. The van der Waals surface area contributed by atoms with Crippen molar-refractivity contribution in [3.63, 3.8) is 0 Å². The van der Waals surface area contributed by atoms with E-state index in [0.29, 0.717) is 6.42 Å². The van der Waals surface area contributed by atoms with Crippen molar-refractivity contribution in [1.29, 1.82) is 0 Å². The monoisotopic (exact) mass is 318 g/mol. The van der Waals surface area contributed by atoms with E-state index in [1.54, 1.807) is 0 Å². The van der Waals surface area contributed by atoms with Gasteiger partial charge in [0.15, 0.2) is 0 Å². The number of hydrogen-bond donors (Lipinski definition) is 1. The lowest BCUT2D eigenvalue weighted by atomic mass is 9.71. The molecule has 1 rings (SSSR count). The van der Waals surface area contributed by atoms with E-state index >= 15 is 0 Å². The van der Waals surface area contributed by atoms with Crippen LogP contribution in [0.3, 0.4) is 0 Å². The van der Waals surface area contributed by atoms with Crippen LogP contribution in [0.15, 0.2) is 0 Å². The van der Waals surface area contributed by atoms with Crippen LogP contribution in [0.25, 0.3) is 0 Å². The second kappa shape index (κ2) is 7.93. The fraction of sp³-hybridized carbons (Fsp3) is 1.00. The maximum Gasteiger partial charge on any atom is 0.147 e. The third kappa shape index (κ3) is 5.53. The van der Waals surface area contributed by atoms with Gasteiger partial charge in [0.05, 0.1) is 5.75 Å². The number of nitrogens with one attached hydrogen (secondary N) is 1. The van der Waals surface area contributed by atoms with Crippen molar-refractivity contribution in [2.75, 3.05) is 32.6 Å². The molecule has 0 amide bonds. The van der Waals surface area contributed by atoms with E-state index in [1.807, 2.05) is 0 Å². The highest BCUT2D eigenvalue weighted by atomic mass is 32.2. The summed E-state index contributed by atoms with van der Waals surface area (Å²) in [6.45, 7) is 5.44. The molecule has 5 heteroatoms. The summed E-state index contributed by atoms with van der Waals surface area (Å²) in [5.74, 6) is 1.07.